The molecule has 3 saturated heterocycles. The van der Waals surface area contributed by atoms with Gasteiger partial charge in [0.25, 0.3) is 0 Å². The van der Waals surface area contributed by atoms with E-state index in [0.717, 1.165) is 38.5 Å². The van der Waals surface area contributed by atoms with Crippen LogP contribution in [0, 0.1) is 44.8 Å². The normalized spacial score (nSPS) is 59.0. The number of ether oxygens (including phenoxy) is 5. The van der Waals surface area contributed by atoms with Crippen LogP contribution in [0.3, 0.4) is 0 Å². The monoisotopic (exact) mass is 754 g/mol. The molecule has 0 bridgehead atoms. The molecule has 0 aromatic heterocycles. The second kappa shape index (κ2) is 12.5. The number of hydrogen-bond acceptors (Lipinski definition) is 13. The van der Waals surface area contributed by atoms with Crippen LogP contribution in [0.2, 0.25) is 0 Å². The van der Waals surface area contributed by atoms with Gasteiger partial charge >= 0.3 is 0 Å². The van der Waals surface area contributed by atoms with Crippen LogP contribution in [-0.4, -0.2) is 139 Å². The molecule has 0 radical (unpaired) electrons. The van der Waals surface area contributed by atoms with Crippen LogP contribution in [0.1, 0.15) is 106 Å². The third kappa shape index (κ3) is 5.42. The van der Waals surface area contributed by atoms with Crippen LogP contribution in [0.4, 0.5) is 0 Å². The average Bonchev–Trinajstić information content (AvgIpc) is 3.44. The second-order valence-electron chi connectivity index (χ2n) is 20.6. The summed E-state index contributed by atoms with van der Waals surface area (Å²) in [5, 5.41) is 86.4. The number of fused-ring (bicyclic) bond motifs is 2. The number of rotatable bonds is 6. The Morgan fingerprint density at radius 1 is 0.642 bits per heavy atom. The molecule has 5 saturated carbocycles. The zero-order chi connectivity index (χ0) is 38.5. The van der Waals surface area contributed by atoms with Crippen molar-refractivity contribution >= 4 is 0 Å². The number of aliphatic hydroxyl groups excluding tert-OH is 7. The summed E-state index contributed by atoms with van der Waals surface area (Å²) < 4.78 is 31.8. The summed E-state index contributed by atoms with van der Waals surface area (Å²) in [4.78, 5) is 0. The Labute approximate surface area is 313 Å². The minimum atomic E-state index is -1.45. The van der Waals surface area contributed by atoms with Crippen molar-refractivity contribution in [3.8, 4) is 0 Å². The van der Waals surface area contributed by atoms with E-state index in [1.807, 2.05) is 0 Å². The van der Waals surface area contributed by atoms with Gasteiger partial charge in [-0.2, -0.15) is 0 Å². The van der Waals surface area contributed by atoms with Crippen LogP contribution in [0.25, 0.3) is 0 Å². The summed E-state index contributed by atoms with van der Waals surface area (Å²) in [5.41, 5.74) is -2.85. The zero-order valence-corrected chi connectivity index (χ0v) is 32.6. The van der Waals surface area contributed by atoms with Gasteiger partial charge in [-0.15, -0.1) is 0 Å². The Hall–Kier alpha value is -0.520. The minimum absolute atomic E-state index is 0.0153. The van der Waals surface area contributed by atoms with Gasteiger partial charge < -0.3 is 64.5 Å². The molecule has 13 nitrogen and oxygen atoms in total. The lowest BCUT2D eigenvalue weighted by molar-refractivity contribution is -0.326. The van der Waals surface area contributed by atoms with Gasteiger partial charge in [0, 0.05) is 5.92 Å². The summed E-state index contributed by atoms with van der Waals surface area (Å²) in [6.45, 7) is 14.4. The van der Waals surface area contributed by atoms with Crippen LogP contribution >= 0.6 is 0 Å². The van der Waals surface area contributed by atoms with Gasteiger partial charge in [-0.05, 0) is 117 Å². The molecule has 2 spiro atoms. The Kier molecular flexibility index (Phi) is 9.27. The van der Waals surface area contributed by atoms with Crippen molar-refractivity contribution < 1.29 is 64.5 Å². The van der Waals surface area contributed by atoms with E-state index in [9.17, 15) is 40.9 Å². The van der Waals surface area contributed by atoms with Crippen molar-refractivity contribution in [3.05, 3.63) is 0 Å². The highest BCUT2D eigenvalue weighted by Crippen LogP contribution is 2.89. The first-order valence-electron chi connectivity index (χ1n) is 20.3. The van der Waals surface area contributed by atoms with Gasteiger partial charge in [0.05, 0.1) is 48.8 Å². The summed E-state index contributed by atoms with van der Waals surface area (Å²) in [7, 11) is 0. The highest BCUT2D eigenvalue weighted by Gasteiger charge is 2.85. The highest BCUT2D eigenvalue weighted by atomic mass is 16.7. The first-order chi connectivity index (χ1) is 24.6. The average molecular weight is 755 g/mol. The Morgan fingerprint density at radius 2 is 1.25 bits per heavy atom. The largest absolute Gasteiger partial charge is 0.393 e. The fourth-order valence-electron chi connectivity index (χ4n) is 14.6. The third-order valence-corrected chi connectivity index (χ3v) is 17.2. The third-order valence-electron chi connectivity index (χ3n) is 17.2. The van der Waals surface area contributed by atoms with E-state index in [1.165, 1.54) is 0 Å². The van der Waals surface area contributed by atoms with Crippen molar-refractivity contribution in [2.45, 2.75) is 191 Å². The molecule has 8 aliphatic rings. The summed E-state index contributed by atoms with van der Waals surface area (Å²) in [6.07, 6.45) is -4.95. The van der Waals surface area contributed by atoms with Gasteiger partial charge in [-0.25, -0.2) is 0 Å². The molecule has 8 rings (SSSR count). The quantitative estimate of drug-likeness (QED) is 0.181. The standard InChI is InChI=1S/C40H66O13/c1-34(2)24(52-33-29(47)27(45)21(43)17-50-33)9-11-40-18-39(40)13-12-36(5)30(38(7)10-8-25(53-38)35(3,4)48)19(41)15-37(36,6)23(39)14-22(31(34)40)51-32-28(46)26(44)20(42)16-49-32/h19-33,41-48H,8-18H2,1-7H3/t19-,20+,21+,22-,23+,24-,25+,26-,27-,28+,29+,30-,31+,32+,33-,36+,37-,38+,39-,40+/m0/s1. The number of hydrogen-bond donors (Lipinski definition) is 8. The molecule has 3 heterocycles. The topological polar surface area (TPSA) is 208 Å². The van der Waals surface area contributed by atoms with Crippen molar-refractivity contribution in [2.24, 2.45) is 44.8 Å². The van der Waals surface area contributed by atoms with E-state index in [-0.39, 0.29) is 58.7 Å². The van der Waals surface area contributed by atoms with Gasteiger partial charge in [0.2, 0.25) is 0 Å². The van der Waals surface area contributed by atoms with Crippen molar-refractivity contribution in [1.82, 2.24) is 0 Å². The molecule has 20 atom stereocenters. The molecular weight excluding hydrogens is 688 g/mol. The van der Waals surface area contributed by atoms with Crippen LogP contribution in [0.15, 0.2) is 0 Å². The maximum Gasteiger partial charge on any atom is 0.186 e. The zero-order valence-electron chi connectivity index (χ0n) is 32.6. The van der Waals surface area contributed by atoms with E-state index < -0.39 is 84.1 Å². The lowest BCUT2D eigenvalue weighted by Crippen LogP contribution is -2.64. The van der Waals surface area contributed by atoms with E-state index in [2.05, 4.69) is 34.6 Å². The Bertz CT molecular complexity index is 1410. The molecule has 0 aromatic carbocycles. The highest BCUT2D eigenvalue weighted by molar-refractivity contribution is 5.33. The Balaban J connectivity index is 1.14. The smallest absolute Gasteiger partial charge is 0.186 e. The summed E-state index contributed by atoms with van der Waals surface area (Å²) >= 11 is 0. The summed E-state index contributed by atoms with van der Waals surface area (Å²) in [6, 6.07) is 0. The lowest BCUT2D eigenvalue weighted by Gasteiger charge is -2.65. The van der Waals surface area contributed by atoms with Crippen molar-refractivity contribution in [1.29, 1.82) is 0 Å². The molecule has 3 aliphatic heterocycles. The van der Waals surface area contributed by atoms with Crippen molar-refractivity contribution in [2.75, 3.05) is 13.2 Å². The van der Waals surface area contributed by atoms with Crippen LogP contribution in [-0.2, 0) is 23.7 Å². The first kappa shape index (κ1) is 39.3. The molecule has 13 heteroatoms. The number of aliphatic hydroxyl groups is 8. The molecule has 8 fully saturated rings. The van der Waals surface area contributed by atoms with Gasteiger partial charge in [0.1, 0.15) is 36.6 Å². The Morgan fingerprint density at radius 3 is 1.83 bits per heavy atom. The first-order valence-corrected chi connectivity index (χ1v) is 20.3. The SMILES string of the molecule is CC(C)(O)[C@H]1CC[C@](C)([C@H]2[C@@H](O)C[C@@]3(C)[C@H]4C[C@H](O[C@H]5OC[C@@H](O)[C@H](O)[C@H]5O)[C@@H]5C(C)(C)[C@@H](O[C@@H]6OC[C@@H](O)[C@H](O)[C@H]6O)CC[C@@]56C[C@@]46CC[C@]23C)O1. The second-order valence-corrected chi connectivity index (χ2v) is 20.6. The van der Waals surface area contributed by atoms with Gasteiger partial charge in [0.15, 0.2) is 12.6 Å². The predicted molar refractivity (Wildman–Crippen MR) is 188 cm³/mol. The van der Waals surface area contributed by atoms with E-state index in [0.29, 0.717) is 19.3 Å². The van der Waals surface area contributed by atoms with Crippen molar-refractivity contribution in [3.63, 3.8) is 0 Å². The molecule has 0 aromatic rings. The molecular formula is C40H66O13. The molecule has 53 heavy (non-hydrogen) atoms. The molecule has 304 valence electrons. The molecule has 5 aliphatic carbocycles. The molecule has 0 amide bonds. The molecule has 0 unspecified atom stereocenters. The minimum Gasteiger partial charge on any atom is -0.393 e. The van der Waals surface area contributed by atoms with Gasteiger partial charge in [-0.3, -0.25) is 0 Å². The fraction of sp³-hybridized carbons (Fsp3) is 1.00. The maximum atomic E-state index is 12.2. The fourth-order valence-corrected chi connectivity index (χ4v) is 14.6. The van der Waals surface area contributed by atoms with Gasteiger partial charge in [-0.1, -0.05) is 27.7 Å². The van der Waals surface area contributed by atoms with E-state index in [1.54, 1.807) is 13.8 Å². The lowest BCUT2D eigenvalue weighted by atomic mass is 9.41. The summed E-state index contributed by atoms with van der Waals surface area (Å²) in [5.74, 6) is -0.0540. The van der Waals surface area contributed by atoms with E-state index in [4.69, 9.17) is 23.7 Å². The van der Waals surface area contributed by atoms with E-state index >= 15 is 0 Å². The maximum absolute atomic E-state index is 12.2. The predicted octanol–water partition coefficient (Wildman–Crippen LogP) is 1.36. The van der Waals surface area contributed by atoms with Crippen LogP contribution < -0.4 is 0 Å². The molecule has 8 N–H and O–H groups in total. The van der Waals surface area contributed by atoms with Crippen LogP contribution in [0.5, 0.6) is 0 Å².